The van der Waals surface area contributed by atoms with E-state index in [4.69, 9.17) is 0 Å². The van der Waals surface area contributed by atoms with E-state index in [1.807, 2.05) is 42.5 Å². The fourth-order valence-corrected chi connectivity index (χ4v) is 3.30. The van der Waals surface area contributed by atoms with Gasteiger partial charge in [-0.1, -0.05) is 70.5 Å². The summed E-state index contributed by atoms with van der Waals surface area (Å²) >= 11 is 3.40. The molecule has 3 aromatic rings. The van der Waals surface area contributed by atoms with Crippen LogP contribution in [0.3, 0.4) is 0 Å². The average Bonchev–Trinajstić information content (AvgIpc) is 2.74. The maximum Gasteiger partial charge on any atom is 0.307 e. The third-order valence-electron chi connectivity index (χ3n) is 4.65. The van der Waals surface area contributed by atoms with Crippen LogP contribution in [0.5, 0.6) is 0 Å². The summed E-state index contributed by atoms with van der Waals surface area (Å²) in [5.41, 5.74) is 2.97. The number of para-hydroxylation sites is 1. The van der Waals surface area contributed by atoms with Crippen molar-refractivity contribution in [3.05, 3.63) is 88.9 Å². The van der Waals surface area contributed by atoms with Crippen LogP contribution in [0.2, 0.25) is 0 Å². The molecule has 0 fully saturated rings. The molecule has 0 saturated heterocycles. The van der Waals surface area contributed by atoms with E-state index in [9.17, 15) is 19.5 Å². The third-order valence-corrected chi connectivity index (χ3v) is 5.18. The van der Waals surface area contributed by atoms with Crippen molar-refractivity contribution in [3.63, 3.8) is 0 Å². The van der Waals surface area contributed by atoms with Gasteiger partial charge in [0.1, 0.15) is 0 Å². The van der Waals surface area contributed by atoms with Crippen molar-refractivity contribution in [2.75, 3.05) is 5.32 Å². The molecule has 0 aliphatic heterocycles. The minimum Gasteiger partial charge on any atom is -0.481 e. The predicted octanol–water partition coefficient (Wildman–Crippen LogP) is 5.42. The predicted molar refractivity (Wildman–Crippen MR) is 119 cm³/mol. The molecule has 0 bridgehead atoms. The van der Waals surface area contributed by atoms with Crippen molar-refractivity contribution < 1.29 is 19.5 Å². The maximum absolute atomic E-state index is 12.6. The van der Waals surface area contributed by atoms with Crippen LogP contribution in [-0.2, 0) is 9.59 Å². The Morgan fingerprint density at radius 1 is 0.800 bits per heavy atom. The number of hydrogen-bond acceptors (Lipinski definition) is 3. The van der Waals surface area contributed by atoms with Gasteiger partial charge in [-0.2, -0.15) is 0 Å². The molecule has 3 rings (SSSR count). The zero-order chi connectivity index (χ0) is 21.5. The lowest BCUT2D eigenvalue weighted by Crippen LogP contribution is -2.24. The van der Waals surface area contributed by atoms with E-state index in [0.29, 0.717) is 11.3 Å². The molecular formula is C24H20BrNO4. The van der Waals surface area contributed by atoms with E-state index in [-0.39, 0.29) is 18.6 Å². The number of anilines is 1. The summed E-state index contributed by atoms with van der Waals surface area (Å²) in [6.07, 6.45) is -0.512. The Labute approximate surface area is 182 Å². The molecule has 0 saturated carbocycles. The van der Waals surface area contributed by atoms with Crippen LogP contribution in [0.15, 0.2) is 83.3 Å². The fraction of sp³-hybridized carbons (Fsp3) is 0.125. The summed E-state index contributed by atoms with van der Waals surface area (Å²) < 4.78 is 0.981. The van der Waals surface area contributed by atoms with Crippen LogP contribution >= 0.6 is 15.9 Å². The summed E-state index contributed by atoms with van der Waals surface area (Å²) in [6.45, 7) is 0. The molecule has 6 heteroatoms. The second kappa shape index (κ2) is 9.98. The summed E-state index contributed by atoms with van der Waals surface area (Å²) in [5.74, 6) is -3.00. The number of carbonyl (C=O) groups excluding carboxylic acids is 2. The Balaban J connectivity index is 1.63. The number of aliphatic carboxylic acids is 1. The number of Topliss-reactive ketones (excluding diaryl/α,β-unsaturated/α-hetero) is 1. The van der Waals surface area contributed by atoms with E-state index in [1.54, 1.807) is 36.4 Å². The number of hydrogen-bond donors (Lipinski definition) is 2. The minimum absolute atomic E-state index is 0.241. The lowest BCUT2D eigenvalue weighted by atomic mass is 9.94. The molecule has 5 nitrogen and oxygen atoms in total. The van der Waals surface area contributed by atoms with Crippen molar-refractivity contribution in [1.29, 1.82) is 0 Å². The second-order valence-electron chi connectivity index (χ2n) is 6.87. The molecule has 0 spiro atoms. The molecule has 0 aliphatic carbocycles. The minimum atomic E-state index is -1.17. The summed E-state index contributed by atoms with van der Waals surface area (Å²) in [7, 11) is 0. The highest BCUT2D eigenvalue weighted by Crippen LogP contribution is 2.23. The van der Waals surface area contributed by atoms with Crippen LogP contribution in [0.25, 0.3) is 11.1 Å². The van der Waals surface area contributed by atoms with Crippen LogP contribution in [-0.4, -0.2) is 22.8 Å². The molecule has 1 amide bonds. The first-order chi connectivity index (χ1) is 14.4. The van der Waals surface area contributed by atoms with Gasteiger partial charge in [-0.25, -0.2) is 0 Å². The van der Waals surface area contributed by atoms with E-state index >= 15 is 0 Å². The Morgan fingerprint density at radius 3 is 1.93 bits per heavy atom. The van der Waals surface area contributed by atoms with Gasteiger partial charge in [0.05, 0.1) is 5.92 Å². The Bertz CT molecular complexity index is 1030. The van der Waals surface area contributed by atoms with Crippen molar-refractivity contribution in [2.24, 2.45) is 5.92 Å². The van der Waals surface area contributed by atoms with Crippen LogP contribution in [0.4, 0.5) is 5.69 Å². The van der Waals surface area contributed by atoms with Gasteiger partial charge in [0.2, 0.25) is 5.91 Å². The smallest absolute Gasteiger partial charge is 0.307 e. The number of benzene rings is 3. The zero-order valence-corrected chi connectivity index (χ0v) is 17.6. The first-order valence-electron chi connectivity index (χ1n) is 9.39. The molecule has 1 atom stereocenters. The van der Waals surface area contributed by atoms with Crippen molar-refractivity contribution >= 4 is 39.3 Å². The molecule has 0 aliphatic rings. The van der Waals surface area contributed by atoms with E-state index in [0.717, 1.165) is 15.6 Å². The van der Waals surface area contributed by atoms with Gasteiger partial charge in [-0.3, -0.25) is 14.4 Å². The Hall–Kier alpha value is -3.25. The van der Waals surface area contributed by atoms with E-state index < -0.39 is 17.8 Å². The molecule has 3 aromatic carbocycles. The number of carboxylic acids is 1. The monoisotopic (exact) mass is 465 g/mol. The molecule has 2 N–H and O–H groups in total. The van der Waals surface area contributed by atoms with Crippen molar-refractivity contribution in [1.82, 2.24) is 0 Å². The van der Waals surface area contributed by atoms with Crippen molar-refractivity contribution in [3.8, 4) is 11.1 Å². The quantitative estimate of drug-likeness (QED) is 0.435. The maximum atomic E-state index is 12.6. The van der Waals surface area contributed by atoms with Gasteiger partial charge in [0, 0.05) is 28.6 Å². The molecule has 0 aromatic heterocycles. The summed E-state index contributed by atoms with van der Waals surface area (Å²) in [5, 5.41) is 12.1. The number of nitrogens with one attached hydrogen (secondary N) is 1. The van der Waals surface area contributed by atoms with Gasteiger partial charge < -0.3 is 10.4 Å². The standard InChI is InChI=1S/C24H20BrNO4/c25-20-12-10-17(11-13-20)16-6-8-18(9-7-16)22(27)14-19(24(29)30)15-23(28)26-21-4-2-1-3-5-21/h1-13,19H,14-15H2,(H,26,28)(H,29,30). The van der Waals surface area contributed by atoms with Crippen molar-refractivity contribution in [2.45, 2.75) is 12.8 Å². The lowest BCUT2D eigenvalue weighted by molar-refractivity contribution is -0.143. The topological polar surface area (TPSA) is 83.5 Å². The number of amides is 1. The first-order valence-corrected chi connectivity index (χ1v) is 10.2. The number of ketones is 1. The first kappa shape index (κ1) is 21.5. The largest absolute Gasteiger partial charge is 0.481 e. The molecule has 1 unspecified atom stereocenters. The SMILES string of the molecule is O=C(CC(CC(=O)c1ccc(-c2ccc(Br)cc2)cc1)C(=O)O)Nc1ccccc1. The molecular weight excluding hydrogens is 446 g/mol. The van der Waals surface area contributed by atoms with Crippen LogP contribution in [0.1, 0.15) is 23.2 Å². The molecule has 152 valence electrons. The highest BCUT2D eigenvalue weighted by Gasteiger charge is 2.25. The lowest BCUT2D eigenvalue weighted by Gasteiger charge is -2.12. The fourth-order valence-electron chi connectivity index (χ4n) is 3.04. The van der Waals surface area contributed by atoms with Gasteiger partial charge in [-0.05, 0) is 35.4 Å². The molecule has 0 radical (unpaired) electrons. The summed E-state index contributed by atoms with van der Waals surface area (Å²) in [6, 6.07) is 23.6. The number of rotatable bonds is 8. The highest BCUT2D eigenvalue weighted by atomic mass is 79.9. The Morgan fingerprint density at radius 2 is 1.37 bits per heavy atom. The van der Waals surface area contributed by atoms with Gasteiger partial charge >= 0.3 is 5.97 Å². The number of halogens is 1. The zero-order valence-electron chi connectivity index (χ0n) is 16.0. The third kappa shape index (κ3) is 5.87. The normalized spacial score (nSPS) is 11.5. The highest BCUT2D eigenvalue weighted by molar-refractivity contribution is 9.10. The Kier molecular flexibility index (Phi) is 7.14. The van der Waals surface area contributed by atoms with Gasteiger partial charge in [-0.15, -0.1) is 0 Å². The number of carbonyl (C=O) groups is 3. The van der Waals surface area contributed by atoms with E-state index in [1.165, 1.54) is 0 Å². The average molecular weight is 466 g/mol. The summed E-state index contributed by atoms with van der Waals surface area (Å²) in [4.78, 5) is 36.4. The van der Waals surface area contributed by atoms with Crippen LogP contribution in [0, 0.1) is 5.92 Å². The second-order valence-corrected chi connectivity index (χ2v) is 7.78. The molecule has 30 heavy (non-hydrogen) atoms. The van der Waals surface area contributed by atoms with Gasteiger partial charge in [0.15, 0.2) is 5.78 Å². The van der Waals surface area contributed by atoms with Crippen LogP contribution < -0.4 is 5.32 Å². The van der Waals surface area contributed by atoms with E-state index in [2.05, 4.69) is 21.2 Å². The number of carboxylic acid groups (broad SMARTS) is 1. The van der Waals surface area contributed by atoms with Gasteiger partial charge in [0.25, 0.3) is 0 Å². The molecule has 0 heterocycles.